The zero-order valence-corrected chi connectivity index (χ0v) is 15.9. The van der Waals surface area contributed by atoms with E-state index in [9.17, 15) is 4.79 Å². The van der Waals surface area contributed by atoms with E-state index in [0.717, 1.165) is 19.1 Å². The topological polar surface area (TPSA) is 54.7 Å². The summed E-state index contributed by atoms with van der Waals surface area (Å²) in [5, 5.41) is 0. The fourth-order valence-corrected chi connectivity index (χ4v) is 5.33. The fourth-order valence-electron chi connectivity index (χ4n) is 5.33. The van der Waals surface area contributed by atoms with Crippen molar-refractivity contribution >= 4 is 6.29 Å². The van der Waals surface area contributed by atoms with E-state index in [1.807, 2.05) is 13.0 Å². The largest absolute Gasteiger partial charge is 0.366 e. The van der Waals surface area contributed by atoms with Gasteiger partial charge in [-0.2, -0.15) is 0 Å². The molecule has 3 aliphatic heterocycles. The van der Waals surface area contributed by atoms with Crippen LogP contribution in [0.3, 0.4) is 0 Å². The predicted octanol–water partition coefficient (Wildman–Crippen LogP) is 3.43. The van der Waals surface area contributed by atoms with Gasteiger partial charge in [0.2, 0.25) is 0 Å². The molecule has 0 amide bonds. The van der Waals surface area contributed by atoms with Crippen LogP contribution in [0.2, 0.25) is 0 Å². The van der Waals surface area contributed by atoms with Crippen LogP contribution >= 0.6 is 0 Å². The molecule has 3 heterocycles. The van der Waals surface area contributed by atoms with Gasteiger partial charge in [0.05, 0.1) is 6.10 Å². The Labute approximate surface area is 144 Å². The molecule has 0 aromatic heterocycles. The lowest BCUT2D eigenvalue weighted by molar-refractivity contribution is -0.116. The maximum Gasteiger partial charge on any atom is 0.162 e. The van der Waals surface area contributed by atoms with E-state index < -0.39 is 5.60 Å². The molecule has 2 aliphatic carbocycles. The first-order chi connectivity index (χ1) is 10.9. The molecule has 6 unspecified atom stereocenters. The highest BCUT2D eigenvalue weighted by atomic mass is 16.7. The molecule has 5 aliphatic rings. The molecule has 134 valence electrons. The number of ether oxygens (including phenoxy) is 3. The van der Waals surface area contributed by atoms with E-state index in [0.29, 0.717) is 12.2 Å². The fraction of sp³-hybridized carbons (Fsp3) is 0.850. The van der Waals surface area contributed by atoms with Crippen molar-refractivity contribution < 1.29 is 19.0 Å². The lowest BCUT2D eigenvalue weighted by atomic mass is 9.65. The number of allylic oxidation sites excluding steroid dienone is 1. The van der Waals surface area contributed by atoms with Crippen molar-refractivity contribution in [2.45, 2.75) is 95.9 Å². The van der Waals surface area contributed by atoms with Gasteiger partial charge in [0.15, 0.2) is 11.9 Å². The molecule has 5 rings (SSSR count). The van der Waals surface area contributed by atoms with Crippen LogP contribution in [0.25, 0.3) is 0 Å². The summed E-state index contributed by atoms with van der Waals surface area (Å²) in [5.74, 6) is 0. The van der Waals surface area contributed by atoms with Crippen molar-refractivity contribution in [1.82, 2.24) is 0 Å². The molecule has 0 aromatic carbocycles. The van der Waals surface area contributed by atoms with Gasteiger partial charge in [-0.25, -0.2) is 0 Å². The summed E-state index contributed by atoms with van der Waals surface area (Å²) in [6.07, 6.45) is 8.04. The van der Waals surface area contributed by atoms with Crippen LogP contribution < -0.4 is 0 Å². The Morgan fingerprint density at radius 1 is 1.00 bits per heavy atom. The summed E-state index contributed by atoms with van der Waals surface area (Å²) in [4.78, 5) is 11.0. The number of hydrogen-bond donors (Lipinski definition) is 0. The van der Waals surface area contributed by atoms with E-state index in [1.54, 1.807) is 0 Å². The van der Waals surface area contributed by atoms with Crippen LogP contribution in [0, 0.1) is 10.8 Å². The standard InChI is InChI=1S/C10H16O2.C10H14O2/c1-8(2)5-6-7(11-6)9(3)10(8,4)12-9;1-8(2)5-4-6-9(3)10(8,7-11)12-9/h6-7H,5H2,1-4H3;4,6-7H,5H2,1-3H3. The van der Waals surface area contributed by atoms with E-state index >= 15 is 0 Å². The SMILES string of the molecule is CC1(C)CC2OC2C2(C)OC12C.CC1(C)CC=CC2(C)OC12C=O. The van der Waals surface area contributed by atoms with Gasteiger partial charge in [-0.3, -0.25) is 4.79 Å². The van der Waals surface area contributed by atoms with Gasteiger partial charge < -0.3 is 14.2 Å². The molecular weight excluding hydrogens is 304 g/mol. The van der Waals surface area contributed by atoms with Gasteiger partial charge in [0.25, 0.3) is 0 Å². The number of aldehydes is 1. The molecule has 0 radical (unpaired) electrons. The molecule has 4 fully saturated rings. The van der Waals surface area contributed by atoms with Crippen LogP contribution in [-0.2, 0) is 19.0 Å². The van der Waals surface area contributed by atoms with E-state index in [1.165, 1.54) is 0 Å². The average Bonchev–Trinajstić information content (AvgIpc) is 3.35. The van der Waals surface area contributed by atoms with Crippen LogP contribution in [0.1, 0.15) is 61.3 Å². The van der Waals surface area contributed by atoms with Crippen molar-refractivity contribution in [3.05, 3.63) is 12.2 Å². The number of hydrogen-bond acceptors (Lipinski definition) is 4. The molecule has 0 aromatic rings. The first kappa shape index (κ1) is 16.7. The summed E-state index contributed by atoms with van der Waals surface area (Å²) >= 11 is 0. The highest BCUT2D eigenvalue weighted by Crippen LogP contribution is 2.70. The highest BCUT2D eigenvalue weighted by Gasteiger charge is 2.82. The van der Waals surface area contributed by atoms with Crippen LogP contribution in [-0.4, -0.2) is 40.9 Å². The molecular formula is C20H30O4. The third-order valence-corrected chi connectivity index (χ3v) is 7.75. The van der Waals surface area contributed by atoms with Gasteiger partial charge in [0.1, 0.15) is 22.9 Å². The Kier molecular flexibility index (Phi) is 2.90. The Morgan fingerprint density at radius 2 is 1.67 bits per heavy atom. The van der Waals surface area contributed by atoms with E-state index in [2.05, 4.69) is 47.6 Å². The minimum absolute atomic E-state index is 0.0272. The molecule has 0 spiro atoms. The Bertz CT molecular complexity index is 631. The Balaban J connectivity index is 0.000000121. The Hall–Kier alpha value is -0.710. The van der Waals surface area contributed by atoms with Gasteiger partial charge in [0, 0.05) is 5.41 Å². The minimum atomic E-state index is -0.547. The summed E-state index contributed by atoms with van der Waals surface area (Å²) in [7, 11) is 0. The minimum Gasteiger partial charge on any atom is -0.366 e. The van der Waals surface area contributed by atoms with Crippen LogP contribution in [0.15, 0.2) is 12.2 Å². The van der Waals surface area contributed by atoms with Crippen LogP contribution in [0.5, 0.6) is 0 Å². The van der Waals surface area contributed by atoms with Gasteiger partial charge in [-0.15, -0.1) is 0 Å². The summed E-state index contributed by atoms with van der Waals surface area (Å²) in [6.45, 7) is 15.1. The zero-order chi connectivity index (χ0) is 17.8. The normalized spacial score (nSPS) is 56.6. The third-order valence-electron chi connectivity index (χ3n) is 7.75. The van der Waals surface area contributed by atoms with E-state index in [4.69, 9.17) is 14.2 Å². The lowest BCUT2D eigenvalue weighted by Gasteiger charge is -2.33. The monoisotopic (exact) mass is 334 g/mol. The number of carbonyl (C=O) groups is 1. The molecule has 4 heteroatoms. The first-order valence-electron chi connectivity index (χ1n) is 9.08. The number of fused-ring (bicyclic) bond motifs is 4. The molecule has 1 saturated carbocycles. The third kappa shape index (κ3) is 1.72. The maximum atomic E-state index is 11.0. The number of rotatable bonds is 1. The quantitative estimate of drug-likeness (QED) is 0.419. The summed E-state index contributed by atoms with van der Waals surface area (Å²) in [5.41, 5.74) is -0.556. The second-order valence-corrected chi connectivity index (χ2v) is 9.98. The van der Waals surface area contributed by atoms with Gasteiger partial charge in [-0.1, -0.05) is 39.8 Å². The molecule has 24 heavy (non-hydrogen) atoms. The second-order valence-electron chi connectivity index (χ2n) is 9.98. The second kappa shape index (κ2) is 4.16. The van der Waals surface area contributed by atoms with Gasteiger partial charge in [-0.05, 0) is 39.0 Å². The molecule has 0 bridgehead atoms. The van der Waals surface area contributed by atoms with Crippen molar-refractivity contribution in [2.24, 2.45) is 10.8 Å². The molecule has 6 atom stereocenters. The molecule has 0 N–H and O–H groups in total. The number of epoxide rings is 3. The Morgan fingerprint density at radius 3 is 2.21 bits per heavy atom. The molecule has 3 saturated heterocycles. The van der Waals surface area contributed by atoms with Crippen molar-refractivity contribution in [3.8, 4) is 0 Å². The average molecular weight is 334 g/mol. The lowest BCUT2D eigenvalue weighted by Crippen LogP contribution is -2.44. The smallest absolute Gasteiger partial charge is 0.162 e. The van der Waals surface area contributed by atoms with Crippen molar-refractivity contribution in [3.63, 3.8) is 0 Å². The first-order valence-corrected chi connectivity index (χ1v) is 9.08. The zero-order valence-electron chi connectivity index (χ0n) is 15.9. The highest BCUT2D eigenvalue weighted by molar-refractivity contribution is 5.74. The van der Waals surface area contributed by atoms with Gasteiger partial charge >= 0.3 is 0 Å². The number of carbonyl (C=O) groups excluding carboxylic acids is 1. The van der Waals surface area contributed by atoms with E-state index in [-0.39, 0.29) is 27.6 Å². The summed E-state index contributed by atoms with van der Waals surface area (Å²) in [6, 6.07) is 0. The van der Waals surface area contributed by atoms with Crippen molar-refractivity contribution in [2.75, 3.05) is 0 Å². The predicted molar refractivity (Wildman–Crippen MR) is 90.8 cm³/mol. The maximum absolute atomic E-state index is 11.0. The molecule has 4 nitrogen and oxygen atoms in total. The van der Waals surface area contributed by atoms with Crippen LogP contribution in [0.4, 0.5) is 0 Å². The van der Waals surface area contributed by atoms with Crippen molar-refractivity contribution in [1.29, 1.82) is 0 Å². The summed E-state index contributed by atoms with van der Waals surface area (Å²) < 4.78 is 17.1.